The van der Waals surface area contributed by atoms with Gasteiger partial charge in [-0.1, -0.05) is 18.2 Å². The summed E-state index contributed by atoms with van der Waals surface area (Å²) in [6, 6.07) is 7.13. The molecule has 0 aromatic heterocycles. The highest BCUT2D eigenvalue weighted by Gasteiger charge is 2.15. The summed E-state index contributed by atoms with van der Waals surface area (Å²) < 4.78 is 5.42. The van der Waals surface area contributed by atoms with Crippen molar-refractivity contribution in [2.24, 2.45) is 5.73 Å². The summed E-state index contributed by atoms with van der Waals surface area (Å²) >= 11 is 0. The number of ether oxygens (including phenoxy) is 1. The molecule has 0 radical (unpaired) electrons. The first-order valence-corrected chi connectivity index (χ1v) is 4.82. The van der Waals surface area contributed by atoms with E-state index in [-0.39, 0.29) is 0 Å². The van der Waals surface area contributed by atoms with Gasteiger partial charge in [0.05, 0.1) is 18.8 Å². The number of hydrogen-bond donors (Lipinski definition) is 2. The molecule has 2 unspecified atom stereocenters. The van der Waals surface area contributed by atoms with E-state index in [1.54, 1.807) is 6.92 Å². The number of hydrogen-bond acceptors (Lipinski definition) is 3. The molecule has 3 heteroatoms. The van der Waals surface area contributed by atoms with Crippen LogP contribution in [0.4, 0.5) is 0 Å². The van der Waals surface area contributed by atoms with E-state index in [9.17, 15) is 5.11 Å². The van der Waals surface area contributed by atoms with Crippen molar-refractivity contribution < 1.29 is 9.84 Å². The predicted octanol–water partition coefficient (Wildman–Crippen LogP) is 1.47. The topological polar surface area (TPSA) is 55.5 Å². The molecule has 1 aromatic carbocycles. The van der Waals surface area contributed by atoms with Crippen LogP contribution in [0.1, 0.15) is 25.5 Å². The van der Waals surface area contributed by atoms with Gasteiger partial charge in [0.15, 0.2) is 0 Å². The highest BCUT2D eigenvalue weighted by Crippen LogP contribution is 2.25. The molecule has 0 aliphatic carbocycles. The van der Waals surface area contributed by atoms with E-state index in [1.807, 2.05) is 31.2 Å². The van der Waals surface area contributed by atoms with Crippen molar-refractivity contribution in [1.82, 2.24) is 0 Å². The second kappa shape index (κ2) is 4.98. The fraction of sp³-hybridized carbons (Fsp3) is 0.455. The highest BCUT2D eigenvalue weighted by atomic mass is 16.5. The lowest BCUT2D eigenvalue weighted by atomic mass is 10.0. The molecular weight excluding hydrogens is 178 g/mol. The van der Waals surface area contributed by atoms with Gasteiger partial charge >= 0.3 is 0 Å². The SMILES string of the molecule is CCOc1ccccc1C(N)C(C)O. The van der Waals surface area contributed by atoms with Crippen molar-refractivity contribution in [1.29, 1.82) is 0 Å². The summed E-state index contributed by atoms with van der Waals surface area (Å²) in [5, 5.41) is 9.39. The van der Waals surface area contributed by atoms with Crippen molar-refractivity contribution in [2.45, 2.75) is 26.0 Å². The molecular formula is C11H17NO2. The minimum Gasteiger partial charge on any atom is -0.494 e. The van der Waals surface area contributed by atoms with E-state index in [4.69, 9.17) is 10.5 Å². The van der Waals surface area contributed by atoms with E-state index in [0.717, 1.165) is 11.3 Å². The lowest BCUT2D eigenvalue weighted by Gasteiger charge is -2.18. The van der Waals surface area contributed by atoms with Crippen LogP contribution < -0.4 is 10.5 Å². The Balaban J connectivity index is 2.94. The van der Waals surface area contributed by atoms with Crippen LogP contribution in [-0.4, -0.2) is 17.8 Å². The van der Waals surface area contributed by atoms with Crippen LogP contribution in [0.2, 0.25) is 0 Å². The lowest BCUT2D eigenvalue weighted by molar-refractivity contribution is 0.162. The van der Waals surface area contributed by atoms with Crippen molar-refractivity contribution in [3.05, 3.63) is 29.8 Å². The second-order valence-electron chi connectivity index (χ2n) is 3.24. The van der Waals surface area contributed by atoms with Crippen molar-refractivity contribution in [3.8, 4) is 5.75 Å². The van der Waals surface area contributed by atoms with Crippen LogP contribution >= 0.6 is 0 Å². The summed E-state index contributed by atoms with van der Waals surface area (Å²) in [5.74, 6) is 0.753. The van der Waals surface area contributed by atoms with Crippen LogP contribution in [0.25, 0.3) is 0 Å². The number of rotatable bonds is 4. The van der Waals surface area contributed by atoms with E-state index in [2.05, 4.69) is 0 Å². The molecule has 0 amide bonds. The molecule has 3 N–H and O–H groups in total. The molecule has 0 aliphatic rings. The molecule has 3 nitrogen and oxygen atoms in total. The fourth-order valence-corrected chi connectivity index (χ4v) is 1.30. The first kappa shape index (κ1) is 11.0. The van der Waals surface area contributed by atoms with Gasteiger partial charge in [-0.3, -0.25) is 0 Å². The average molecular weight is 195 g/mol. The number of aliphatic hydroxyl groups is 1. The predicted molar refractivity (Wildman–Crippen MR) is 56.2 cm³/mol. The van der Waals surface area contributed by atoms with Gasteiger partial charge in [0.1, 0.15) is 5.75 Å². The Hall–Kier alpha value is -1.06. The Bertz CT molecular complexity index is 286. The van der Waals surface area contributed by atoms with Crippen LogP contribution in [-0.2, 0) is 0 Å². The number of nitrogens with two attached hydrogens (primary N) is 1. The van der Waals surface area contributed by atoms with Gasteiger partial charge in [0, 0.05) is 5.56 Å². The van der Waals surface area contributed by atoms with E-state index >= 15 is 0 Å². The molecule has 0 bridgehead atoms. The number of para-hydroxylation sites is 1. The molecule has 0 fully saturated rings. The third-order valence-electron chi connectivity index (χ3n) is 2.10. The van der Waals surface area contributed by atoms with E-state index < -0.39 is 12.1 Å². The maximum Gasteiger partial charge on any atom is 0.124 e. The Labute approximate surface area is 84.5 Å². The first-order valence-electron chi connectivity index (χ1n) is 4.82. The molecule has 0 aliphatic heterocycles. The normalized spacial score (nSPS) is 14.9. The van der Waals surface area contributed by atoms with Crippen LogP contribution in [0, 0.1) is 0 Å². The summed E-state index contributed by atoms with van der Waals surface area (Å²) in [6.07, 6.45) is -0.573. The van der Waals surface area contributed by atoms with E-state index in [1.165, 1.54) is 0 Å². The maximum atomic E-state index is 9.39. The Kier molecular flexibility index (Phi) is 3.92. The van der Waals surface area contributed by atoms with Gasteiger partial charge in [0.2, 0.25) is 0 Å². The summed E-state index contributed by atoms with van der Waals surface area (Å²) in [7, 11) is 0. The smallest absolute Gasteiger partial charge is 0.124 e. The molecule has 0 saturated carbocycles. The van der Waals surface area contributed by atoms with Crippen LogP contribution in [0.5, 0.6) is 5.75 Å². The highest BCUT2D eigenvalue weighted by molar-refractivity contribution is 5.36. The molecule has 78 valence electrons. The zero-order valence-electron chi connectivity index (χ0n) is 8.60. The summed E-state index contributed by atoms with van der Waals surface area (Å²) in [6.45, 7) is 4.20. The molecule has 1 aromatic rings. The quantitative estimate of drug-likeness (QED) is 0.764. The number of benzene rings is 1. The van der Waals surface area contributed by atoms with Gasteiger partial charge in [0.25, 0.3) is 0 Å². The average Bonchev–Trinajstić information content (AvgIpc) is 2.18. The van der Waals surface area contributed by atoms with Crippen molar-refractivity contribution >= 4 is 0 Å². The standard InChI is InChI=1S/C11H17NO2/c1-3-14-10-7-5-4-6-9(10)11(12)8(2)13/h4-8,11,13H,3,12H2,1-2H3. The summed E-state index contributed by atoms with van der Waals surface area (Å²) in [4.78, 5) is 0. The molecule has 0 heterocycles. The molecule has 1 rings (SSSR count). The number of aliphatic hydroxyl groups excluding tert-OH is 1. The van der Waals surface area contributed by atoms with E-state index in [0.29, 0.717) is 6.61 Å². The fourth-order valence-electron chi connectivity index (χ4n) is 1.30. The largest absolute Gasteiger partial charge is 0.494 e. The monoisotopic (exact) mass is 195 g/mol. The van der Waals surface area contributed by atoms with Gasteiger partial charge in [-0.25, -0.2) is 0 Å². The van der Waals surface area contributed by atoms with Crippen LogP contribution in [0.3, 0.4) is 0 Å². The summed E-state index contributed by atoms with van der Waals surface area (Å²) in [5.41, 5.74) is 6.69. The first-order chi connectivity index (χ1) is 6.66. The molecule has 0 spiro atoms. The molecule has 2 atom stereocenters. The van der Waals surface area contributed by atoms with Gasteiger partial charge in [-0.15, -0.1) is 0 Å². The zero-order chi connectivity index (χ0) is 10.6. The van der Waals surface area contributed by atoms with Crippen LogP contribution in [0.15, 0.2) is 24.3 Å². The van der Waals surface area contributed by atoms with Crippen molar-refractivity contribution in [3.63, 3.8) is 0 Å². The van der Waals surface area contributed by atoms with Gasteiger partial charge < -0.3 is 15.6 Å². The minimum absolute atomic E-state index is 0.391. The molecule has 0 saturated heterocycles. The minimum atomic E-state index is -0.573. The Morgan fingerprint density at radius 2 is 2.07 bits per heavy atom. The lowest BCUT2D eigenvalue weighted by Crippen LogP contribution is -2.23. The Morgan fingerprint density at radius 3 is 2.64 bits per heavy atom. The Morgan fingerprint density at radius 1 is 1.43 bits per heavy atom. The third kappa shape index (κ3) is 2.47. The third-order valence-corrected chi connectivity index (χ3v) is 2.10. The molecule has 14 heavy (non-hydrogen) atoms. The van der Waals surface area contributed by atoms with Gasteiger partial charge in [-0.2, -0.15) is 0 Å². The van der Waals surface area contributed by atoms with Crippen molar-refractivity contribution in [2.75, 3.05) is 6.61 Å². The second-order valence-corrected chi connectivity index (χ2v) is 3.24. The zero-order valence-corrected chi connectivity index (χ0v) is 8.60. The van der Waals surface area contributed by atoms with Gasteiger partial charge in [-0.05, 0) is 19.9 Å². The maximum absolute atomic E-state index is 9.39.